The Morgan fingerprint density at radius 2 is 2.00 bits per heavy atom. The lowest BCUT2D eigenvalue weighted by Crippen LogP contribution is -2.44. The zero-order chi connectivity index (χ0) is 11.9. The Balaban J connectivity index is 2.49. The fraction of sp³-hybridized carbons (Fsp3) is 0.867. The molecule has 0 aliphatic heterocycles. The van der Waals surface area contributed by atoms with Crippen molar-refractivity contribution < 1.29 is 0 Å². The Hall–Kier alpha value is -0.480. The maximum atomic E-state index is 5.33. The van der Waals surface area contributed by atoms with Gasteiger partial charge in [-0.3, -0.25) is 0 Å². The summed E-state index contributed by atoms with van der Waals surface area (Å²) in [6.07, 6.45) is 15.7. The Morgan fingerprint density at radius 1 is 1.31 bits per heavy atom. The molecule has 0 heterocycles. The summed E-state index contributed by atoms with van der Waals surface area (Å²) in [5.41, 5.74) is 0.517. The van der Waals surface area contributed by atoms with Crippen molar-refractivity contribution in [3.63, 3.8) is 0 Å². The number of hydrogen-bond acceptors (Lipinski definition) is 1. The van der Waals surface area contributed by atoms with Gasteiger partial charge in [-0.25, -0.2) is 0 Å². The van der Waals surface area contributed by atoms with Gasteiger partial charge in [-0.1, -0.05) is 33.1 Å². The van der Waals surface area contributed by atoms with Gasteiger partial charge in [-0.15, -0.1) is 12.3 Å². The Bertz CT molecular complexity index is 220. The highest BCUT2D eigenvalue weighted by Crippen LogP contribution is 2.40. The third-order valence-corrected chi connectivity index (χ3v) is 4.10. The van der Waals surface area contributed by atoms with Crippen molar-refractivity contribution in [2.45, 2.75) is 71.3 Å². The Labute approximate surface area is 101 Å². The van der Waals surface area contributed by atoms with Crippen molar-refractivity contribution in [2.75, 3.05) is 6.54 Å². The minimum Gasteiger partial charge on any atom is -0.314 e. The SMILES string of the molecule is C#CCCCC(NCC)C1(C)CCCCC1. The molecule has 0 radical (unpaired) electrons. The molecule has 1 fully saturated rings. The molecule has 16 heavy (non-hydrogen) atoms. The minimum atomic E-state index is 0.517. The molecule has 1 N–H and O–H groups in total. The molecule has 0 bridgehead atoms. The van der Waals surface area contributed by atoms with Crippen LogP contribution in [0.15, 0.2) is 0 Å². The summed E-state index contributed by atoms with van der Waals surface area (Å²) in [7, 11) is 0. The zero-order valence-corrected chi connectivity index (χ0v) is 11.0. The summed E-state index contributed by atoms with van der Waals surface area (Å²) in [6.45, 7) is 5.76. The van der Waals surface area contributed by atoms with E-state index in [0.29, 0.717) is 11.5 Å². The summed E-state index contributed by atoms with van der Waals surface area (Å²) in [5.74, 6) is 2.75. The molecule has 1 aliphatic rings. The Kier molecular flexibility index (Phi) is 5.91. The van der Waals surface area contributed by atoms with Crippen molar-refractivity contribution in [3.8, 4) is 12.3 Å². The molecule has 1 aliphatic carbocycles. The van der Waals surface area contributed by atoms with Gasteiger partial charge in [0.2, 0.25) is 0 Å². The van der Waals surface area contributed by atoms with Gasteiger partial charge >= 0.3 is 0 Å². The van der Waals surface area contributed by atoms with Crippen molar-refractivity contribution in [2.24, 2.45) is 5.41 Å². The first-order valence-electron chi connectivity index (χ1n) is 6.90. The smallest absolute Gasteiger partial charge is 0.0121 e. The molecule has 0 amide bonds. The van der Waals surface area contributed by atoms with E-state index in [9.17, 15) is 0 Å². The van der Waals surface area contributed by atoms with Crippen LogP contribution in [0.5, 0.6) is 0 Å². The van der Waals surface area contributed by atoms with Crippen LogP contribution in [0.3, 0.4) is 0 Å². The predicted octanol–water partition coefficient (Wildman–Crippen LogP) is 3.74. The normalized spacial score (nSPS) is 21.3. The van der Waals surface area contributed by atoms with Gasteiger partial charge in [0.05, 0.1) is 0 Å². The molecule has 0 aromatic heterocycles. The van der Waals surface area contributed by atoms with E-state index in [1.807, 2.05) is 0 Å². The summed E-state index contributed by atoms with van der Waals surface area (Å²) in [4.78, 5) is 0. The predicted molar refractivity (Wildman–Crippen MR) is 71.3 cm³/mol. The third kappa shape index (κ3) is 3.83. The van der Waals surface area contributed by atoms with Crippen LogP contribution in [-0.4, -0.2) is 12.6 Å². The van der Waals surface area contributed by atoms with Crippen LogP contribution >= 0.6 is 0 Å². The van der Waals surface area contributed by atoms with E-state index in [1.54, 1.807) is 0 Å². The summed E-state index contributed by atoms with van der Waals surface area (Å²) in [6, 6.07) is 0.672. The molecular weight excluding hydrogens is 194 g/mol. The Morgan fingerprint density at radius 3 is 2.56 bits per heavy atom. The van der Waals surface area contributed by atoms with E-state index in [0.717, 1.165) is 13.0 Å². The number of terminal acetylenes is 1. The second-order valence-corrected chi connectivity index (χ2v) is 5.42. The van der Waals surface area contributed by atoms with Crippen LogP contribution in [-0.2, 0) is 0 Å². The number of rotatable bonds is 6. The van der Waals surface area contributed by atoms with Crippen molar-refractivity contribution in [1.82, 2.24) is 5.32 Å². The second-order valence-electron chi connectivity index (χ2n) is 5.42. The first-order valence-corrected chi connectivity index (χ1v) is 6.90. The third-order valence-electron chi connectivity index (χ3n) is 4.10. The van der Waals surface area contributed by atoms with Crippen LogP contribution in [0.1, 0.15) is 65.2 Å². The lowest BCUT2D eigenvalue weighted by atomic mass is 9.69. The van der Waals surface area contributed by atoms with Gasteiger partial charge in [0.1, 0.15) is 0 Å². The summed E-state index contributed by atoms with van der Waals surface area (Å²) < 4.78 is 0. The maximum Gasteiger partial charge on any atom is 0.0121 e. The van der Waals surface area contributed by atoms with E-state index in [4.69, 9.17) is 6.42 Å². The van der Waals surface area contributed by atoms with Gasteiger partial charge < -0.3 is 5.32 Å². The standard InChI is InChI=1S/C15H27N/c1-4-6-8-11-14(16-5-2)15(3)12-9-7-10-13-15/h1,14,16H,5-13H2,2-3H3. The van der Waals surface area contributed by atoms with Crippen LogP contribution in [0.2, 0.25) is 0 Å². The second kappa shape index (κ2) is 6.97. The van der Waals surface area contributed by atoms with Gasteiger partial charge in [-0.2, -0.15) is 0 Å². The highest BCUT2D eigenvalue weighted by molar-refractivity contribution is 4.91. The molecule has 0 aromatic carbocycles. The van der Waals surface area contributed by atoms with Crippen molar-refractivity contribution >= 4 is 0 Å². The van der Waals surface area contributed by atoms with Crippen LogP contribution < -0.4 is 5.32 Å². The molecule has 1 rings (SSSR count). The van der Waals surface area contributed by atoms with Crippen molar-refractivity contribution in [3.05, 3.63) is 0 Å². The molecule has 1 unspecified atom stereocenters. The van der Waals surface area contributed by atoms with Gasteiger partial charge in [-0.05, 0) is 37.6 Å². The molecular formula is C15H27N. The van der Waals surface area contributed by atoms with Gasteiger partial charge in [0, 0.05) is 12.5 Å². The first kappa shape index (κ1) is 13.6. The van der Waals surface area contributed by atoms with E-state index in [1.165, 1.54) is 44.9 Å². The molecule has 0 spiro atoms. The lowest BCUT2D eigenvalue weighted by molar-refractivity contribution is 0.137. The topological polar surface area (TPSA) is 12.0 Å². The number of hydrogen-bond donors (Lipinski definition) is 1. The molecule has 1 saturated carbocycles. The fourth-order valence-corrected chi connectivity index (χ4v) is 3.06. The minimum absolute atomic E-state index is 0.517. The average Bonchev–Trinajstić information content (AvgIpc) is 2.29. The maximum absolute atomic E-state index is 5.33. The summed E-state index contributed by atoms with van der Waals surface area (Å²) >= 11 is 0. The number of unbranched alkanes of at least 4 members (excludes halogenated alkanes) is 1. The largest absolute Gasteiger partial charge is 0.314 e. The van der Waals surface area contributed by atoms with E-state index < -0.39 is 0 Å². The molecule has 0 aromatic rings. The van der Waals surface area contributed by atoms with Crippen molar-refractivity contribution in [1.29, 1.82) is 0 Å². The number of nitrogens with one attached hydrogen (secondary N) is 1. The highest BCUT2D eigenvalue weighted by atomic mass is 14.9. The quantitative estimate of drug-likeness (QED) is 0.532. The lowest BCUT2D eigenvalue weighted by Gasteiger charge is -2.41. The van der Waals surface area contributed by atoms with Gasteiger partial charge in [0.15, 0.2) is 0 Å². The zero-order valence-electron chi connectivity index (χ0n) is 11.0. The molecule has 0 saturated heterocycles. The first-order chi connectivity index (χ1) is 7.73. The van der Waals surface area contributed by atoms with E-state index in [-0.39, 0.29) is 0 Å². The van der Waals surface area contributed by atoms with E-state index in [2.05, 4.69) is 25.1 Å². The highest BCUT2D eigenvalue weighted by Gasteiger charge is 2.34. The molecule has 1 nitrogen and oxygen atoms in total. The van der Waals surface area contributed by atoms with Crippen LogP contribution in [0.4, 0.5) is 0 Å². The van der Waals surface area contributed by atoms with Gasteiger partial charge in [0.25, 0.3) is 0 Å². The monoisotopic (exact) mass is 221 g/mol. The molecule has 1 heteroatoms. The fourth-order valence-electron chi connectivity index (χ4n) is 3.06. The van der Waals surface area contributed by atoms with Crippen LogP contribution in [0, 0.1) is 17.8 Å². The summed E-state index contributed by atoms with van der Waals surface area (Å²) in [5, 5.41) is 3.68. The molecule has 92 valence electrons. The average molecular weight is 221 g/mol. The van der Waals surface area contributed by atoms with Crippen LogP contribution in [0.25, 0.3) is 0 Å². The van der Waals surface area contributed by atoms with E-state index >= 15 is 0 Å². The molecule has 1 atom stereocenters.